The summed E-state index contributed by atoms with van der Waals surface area (Å²) in [6.45, 7) is 0. The highest BCUT2D eigenvalue weighted by atomic mass is 35.5. The number of aromatic nitrogens is 4. The van der Waals surface area contributed by atoms with Gasteiger partial charge in [-0.05, 0) is 18.2 Å². The number of nitrogens with one attached hydrogen (secondary N) is 1. The molecule has 4 rings (SSSR count). The number of anilines is 1. The lowest BCUT2D eigenvalue weighted by molar-refractivity contribution is 0.0692. The van der Waals surface area contributed by atoms with Crippen LogP contribution >= 0.6 is 11.6 Å². The van der Waals surface area contributed by atoms with Gasteiger partial charge in [-0.2, -0.15) is 5.10 Å². The molecule has 0 atom stereocenters. The molecule has 0 bridgehead atoms. The molecule has 0 aliphatic carbocycles. The van der Waals surface area contributed by atoms with Crippen LogP contribution in [0.15, 0.2) is 55.0 Å². The van der Waals surface area contributed by atoms with E-state index in [1.807, 2.05) is 28.8 Å². The summed E-state index contributed by atoms with van der Waals surface area (Å²) in [5.41, 5.74) is 2.53. The van der Waals surface area contributed by atoms with Crippen LogP contribution in [0, 0.1) is 0 Å². The molecule has 8 nitrogen and oxygen atoms in total. The van der Waals surface area contributed by atoms with E-state index >= 15 is 0 Å². The van der Waals surface area contributed by atoms with Crippen molar-refractivity contribution in [2.24, 2.45) is 7.05 Å². The van der Waals surface area contributed by atoms with Crippen molar-refractivity contribution in [3.05, 3.63) is 71.3 Å². The standard InChI is InChI=1S/C19H14ClN5O3/c1-24-17(14(9-21-24)19(27)28)18(26)22-13-5-6-25-10-15(23-16(25)8-13)11-3-2-4-12(20)7-11/h2-10H,1H3,(H,22,26)(H,27,28). The Bertz CT molecular complexity index is 1230. The van der Waals surface area contributed by atoms with Gasteiger partial charge in [0.25, 0.3) is 5.91 Å². The van der Waals surface area contributed by atoms with Crippen molar-refractivity contribution in [1.29, 1.82) is 0 Å². The summed E-state index contributed by atoms with van der Waals surface area (Å²) in [4.78, 5) is 28.4. The lowest BCUT2D eigenvalue weighted by Crippen LogP contribution is -2.19. The second-order valence-corrected chi connectivity index (χ2v) is 6.54. The van der Waals surface area contributed by atoms with Crippen molar-refractivity contribution in [1.82, 2.24) is 19.2 Å². The van der Waals surface area contributed by atoms with Crippen molar-refractivity contribution >= 4 is 34.8 Å². The molecule has 0 fully saturated rings. The van der Waals surface area contributed by atoms with Crippen LogP contribution in [0.1, 0.15) is 20.8 Å². The second-order valence-electron chi connectivity index (χ2n) is 6.11. The number of nitrogens with zero attached hydrogens (tertiary/aromatic N) is 4. The zero-order valence-corrected chi connectivity index (χ0v) is 15.4. The molecule has 1 aromatic carbocycles. The summed E-state index contributed by atoms with van der Waals surface area (Å²) >= 11 is 6.04. The number of aromatic carboxylic acids is 1. The van der Waals surface area contributed by atoms with Crippen LogP contribution in [-0.2, 0) is 7.05 Å². The number of hydrogen-bond acceptors (Lipinski definition) is 4. The minimum absolute atomic E-state index is 0.0321. The lowest BCUT2D eigenvalue weighted by atomic mass is 10.2. The molecule has 4 aromatic rings. The Morgan fingerprint density at radius 2 is 2.04 bits per heavy atom. The van der Waals surface area contributed by atoms with Gasteiger partial charge in [0.2, 0.25) is 0 Å². The van der Waals surface area contributed by atoms with Crippen LogP contribution in [-0.4, -0.2) is 36.1 Å². The Balaban J connectivity index is 1.64. The van der Waals surface area contributed by atoms with Crippen molar-refractivity contribution in [2.45, 2.75) is 0 Å². The number of carboxylic acid groups (broad SMARTS) is 1. The molecule has 3 heterocycles. The van der Waals surface area contributed by atoms with Crippen molar-refractivity contribution in [3.8, 4) is 11.3 Å². The fourth-order valence-corrected chi connectivity index (χ4v) is 3.09. The van der Waals surface area contributed by atoms with Crippen LogP contribution in [0.5, 0.6) is 0 Å². The molecular formula is C19H14ClN5O3. The maximum absolute atomic E-state index is 12.5. The van der Waals surface area contributed by atoms with Crippen LogP contribution in [0.4, 0.5) is 5.69 Å². The fourth-order valence-electron chi connectivity index (χ4n) is 2.90. The predicted molar refractivity (Wildman–Crippen MR) is 104 cm³/mol. The monoisotopic (exact) mass is 395 g/mol. The second kappa shape index (κ2) is 6.82. The van der Waals surface area contributed by atoms with Crippen LogP contribution < -0.4 is 5.32 Å². The number of imidazole rings is 1. The molecule has 0 aliphatic rings. The van der Waals surface area contributed by atoms with E-state index in [0.29, 0.717) is 16.4 Å². The maximum atomic E-state index is 12.5. The number of hydrogen-bond donors (Lipinski definition) is 2. The Labute approximate surface area is 164 Å². The molecule has 140 valence electrons. The normalized spacial score (nSPS) is 10.9. The van der Waals surface area contributed by atoms with Gasteiger partial charge in [0.05, 0.1) is 11.9 Å². The molecule has 0 aliphatic heterocycles. The molecule has 0 saturated heterocycles. The Kier molecular flexibility index (Phi) is 4.32. The number of amides is 1. The van der Waals surface area contributed by atoms with Gasteiger partial charge in [0, 0.05) is 41.8 Å². The third-order valence-electron chi connectivity index (χ3n) is 4.22. The zero-order valence-electron chi connectivity index (χ0n) is 14.6. The summed E-state index contributed by atoms with van der Waals surface area (Å²) in [7, 11) is 1.51. The molecule has 9 heteroatoms. The number of carbonyl (C=O) groups excluding carboxylic acids is 1. The Hall–Kier alpha value is -3.65. The van der Waals surface area contributed by atoms with E-state index < -0.39 is 11.9 Å². The van der Waals surface area contributed by atoms with Gasteiger partial charge < -0.3 is 14.8 Å². The number of fused-ring (bicyclic) bond motifs is 1. The number of carbonyl (C=O) groups is 2. The van der Waals surface area contributed by atoms with Crippen molar-refractivity contribution < 1.29 is 14.7 Å². The first-order valence-electron chi connectivity index (χ1n) is 8.24. The number of rotatable bonds is 4. The minimum atomic E-state index is -1.21. The third-order valence-corrected chi connectivity index (χ3v) is 4.46. The number of halogens is 1. The molecule has 3 aromatic heterocycles. The summed E-state index contributed by atoms with van der Waals surface area (Å²) in [5, 5.41) is 16.4. The Morgan fingerprint density at radius 1 is 1.21 bits per heavy atom. The average molecular weight is 396 g/mol. The van der Waals surface area contributed by atoms with Crippen LogP contribution in [0.3, 0.4) is 0 Å². The molecule has 0 spiro atoms. The number of pyridine rings is 1. The highest BCUT2D eigenvalue weighted by Crippen LogP contribution is 2.23. The average Bonchev–Trinajstić information content (AvgIpc) is 3.25. The minimum Gasteiger partial charge on any atom is -0.478 e. The van der Waals surface area contributed by atoms with Crippen LogP contribution in [0.25, 0.3) is 16.9 Å². The molecule has 28 heavy (non-hydrogen) atoms. The topological polar surface area (TPSA) is 102 Å². The van der Waals surface area contributed by atoms with E-state index in [0.717, 1.165) is 17.5 Å². The Morgan fingerprint density at radius 3 is 2.79 bits per heavy atom. The summed E-state index contributed by atoms with van der Waals surface area (Å²) in [6.07, 6.45) is 4.76. The largest absolute Gasteiger partial charge is 0.478 e. The highest BCUT2D eigenvalue weighted by molar-refractivity contribution is 6.30. The van der Waals surface area contributed by atoms with Gasteiger partial charge in [-0.3, -0.25) is 9.48 Å². The van der Waals surface area contributed by atoms with Gasteiger partial charge in [-0.25, -0.2) is 9.78 Å². The first-order valence-corrected chi connectivity index (χ1v) is 8.61. The first-order chi connectivity index (χ1) is 13.4. The van der Waals surface area contributed by atoms with E-state index in [1.165, 1.54) is 11.7 Å². The van der Waals surface area contributed by atoms with E-state index in [9.17, 15) is 14.7 Å². The maximum Gasteiger partial charge on any atom is 0.339 e. The zero-order chi connectivity index (χ0) is 19.8. The predicted octanol–water partition coefficient (Wildman–Crippen LogP) is 3.34. The molecule has 0 radical (unpaired) electrons. The summed E-state index contributed by atoms with van der Waals surface area (Å²) in [6, 6.07) is 10.8. The van der Waals surface area contributed by atoms with E-state index in [1.54, 1.807) is 24.4 Å². The molecule has 2 N–H and O–H groups in total. The van der Waals surface area contributed by atoms with Crippen molar-refractivity contribution in [3.63, 3.8) is 0 Å². The molecule has 0 saturated carbocycles. The van der Waals surface area contributed by atoms with Gasteiger partial charge >= 0.3 is 5.97 Å². The smallest absolute Gasteiger partial charge is 0.339 e. The van der Waals surface area contributed by atoms with E-state index in [4.69, 9.17) is 11.6 Å². The lowest BCUT2D eigenvalue weighted by Gasteiger charge is -2.07. The SMILES string of the molecule is Cn1ncc(C(=O)O)c1C(=O)Nc1ccn2cc(-c3cccc(Cl)c3)nc2c1. The molecule has 0 unspecified atom stereocenters. The van der Waals surface area contributed by atoms with E-state index in [-0.39, 0.29) is 11.3 Å². The fraction of sp³-hybridized carbons (Fsp3) is 0.0526. The summed E-state index contributed by atoms with van der Waals surface area (Å²) in [5.74, 6) is -1.78. The quantitative estimate of drug-likeness (QED) is 0.551. The van der Waals surface area contributed by atoms with Gasteiger partial charge in [0.1, 0.15) is 16.9 Å². The van der Waals surface area contributed by atoms with Gasteiger partial charge in [0.15, 0.2) is 0 Å². The van der Waals surface area contributed by atoms with Crippen LogP contribution in [0.2, 0.25) is 5.02 Å². The van der Waals surface area contributed by atoms with E-state index in [2.05, 4.69) is 15.4 Å². The molecular weight excluding hydrogens is 382 g/mol. The van der Waals surface area contributed by atoms with Gasteiger partial charge in [-0.1, -0.05) is 23.7 Å². The number of aryl methyl sites for hydroxylation is 1. The summed E-state index contributed by atoms with van der Waals surface area (Å²) < 4.78 is 3.04. The first kappa shape index (κ1) is 17.7. The number of benzene rings is 1. The third kappa shape index (κ3) is 3.21. The molecule has 1 amide bonds. The highest BCUT2D eigenvalue weighted by Gasteiger charge is 2.21. The number of carboxylic acids is 1. The van der Waals surface area contributed by atoms with Crippen molar-refractivity contribution in [2.75, 3.05) is 5.32 Å². The van der Waals surface area contributed by atoms with Gasteiger partial charge in [-0.15, -0.1) is 0 Å².